The number of hydrogen-bond donors (Lipinski definition) is 2. The molecular formula is C11H12BrFN2O5. The molecule has 1 aromatic rings. The van der Waals surface area contributed by atoms with Gasteiger partial charge in [-0.05, 0) is 22.9 Å². The summed E-state index contributed by atoms with van der Waals surface area (Å²) in [4.78, 5) is 21.3. The molecule has 0 heterocycles. The van der Waals surface area contributed by atoms with E-state index in [1.54, 1.807) is 0 Å². The third-order valence-corrected chi connectivity index (χ3v) is 3.08. The van der Waals surface area contributed by atoms with Gasteiger partial charge in [0.25, 0.3) is 5.69 Å². The summed E-state index contributed by atoms with van der Waals surface area (Å²) in [5, 5.41) is 20.5. The summed E-state index contributed by atoms with van der Waals surface area (Å²) in [5.74, 6) is -1.66. The van der Waals surface area contributed by atoms with Crippen LogP contribution in [0.5, 0.6) is 5.75 Å². The molecule has 1 rings (SSSR count). The second-order valence-corrected chi connectivity index (χ2v) is 4.66. The molecule has 20 heavy (non-hydrogen) atoms. The van der Waals surface area contributed by atoms with Crippen molar-refractivity contribution in [3.63, 3.8) is 0 Å². The van der Waals surface area contributed by atoms with E-state index in [9.17, 15) is 24.4 Å². The lowest BCUT2D eigenvalue weighted by molar-refractivity contribution is -0.385. The maximum Gasteiger partial charge on any atom is 0.342 e. The molecule has 1 unspecified atom stereocenters. The number of phenolic OH excluding ortho intramolecular Hbond substituents is 1. The molecular weight excluding hydrogens is 339 g/mol. The van der Waals surface area contributed by atoms with E-state index in [0.717, 1.165) is 12.1 Å². The smallest absolute Gasteiger partial charge is 0.342 e. The molecule has 110 valence electrons. The number of nitrogens with two attached hydrogens (primary N) is 1. The standard InChI is InChI=1S/C11H12BrFN2O5/c1-2-20-11(17)8(13)9(14)6-3-5(15(18)19)4-7(12)10(6)16/h3-4,8-9,16H,2,14H2,1H3/t8?,9-/m1/s1. The maximum absolute atomic E-state index is 13.8. The number of ether oxygens (including phenoxy) is 1. The minimum atomic E-state index is -2.24. The molecule has 0 aliphatic carbocycles. The first kappa shape index (κ1) is 16.3. The number of halogens is 2. The highest BCUT2D eigenvalue weighted by molar-refractivity contribution is 9.10. The van der Waals surface area contributed by atoms with Crippen LogP contribution in [0.15, 0.2) is 16.6 Å². The van der Waals surface area contributed by atoms with E-state index in [-0.39, 0.29) is 16.6 Å². The molecule has 0 radical (unpaired) electrons. The number of nitrogens with zero attached hydrogens (tertiary/aromatic N) is 1. The fourth-order valence-corrected chi connectivity index (χ4v) is 1.95. The van der Waals surface area contributed by atoms with Gasteiger partial charge in [-0.1, -0.05) is 0 Å². The molecule has 0 fully saturated rings. The van der Waals surface area contributed by atoms with Crippen molar-refractivity contribution in [2.24, 2.45) is 5.73 Å². The van der Waals surface area contributed by atoms with Crippen molar-refractivity contribution in [3.8, 4) is 5.75 Å². The summed E-state index contributed by atoms with van der Waals surface area (Å²) in [6.45, 7) is 1.47. The van der Waals surface area contributed by atoms with Gasteiger partial charge in [0.2, 0.25) is 6.17 Å². The van der Waals surface area contributed by atoms with Crippen LogP contribution in [0.2, 0.25) is 0 Å². The van der Waals surface area contributed by atoms with Gasteiger partial charge < -0.3 is 15.6 Å². The van der Waals surface area contributed by atoms with Crippen LogP contribution in [0.25, 0.3) is 0 Å². The van der Waals surface area contributed by atoms with Gasteiger partial charge in [-0.3, -0.25) is 10.1 Å². The molecule has 9 heteroatoms. The van der Waals surface area contributed by atoms with Crippen molar-refractivity contribution in [2.75, 3.05) is 6.61 Å². The first-order chi connectivity index (χ1) is 9.29. The molecule has 0 amide bonds. The molecule has 0 aliphatic rings. The van der Waals surface area contributed by atoms with Crippen molar-refractivity contribution in [3.05, 3.63) is 32.3 Å². The number of esters is 1. The Balaban J connectivity index is 3.17. The quantitative estimate of drug-likeness (QED) is 0.476. The van der Waals surface area contributed by atoms with Crippen molar-refractivity contribution in [1.82, 2.24) is 0 Å². The maximum atomic E-state index is 13.8. The van der Waals surface area contributed by atoms with Crippen molar-refractivity contribution >= 4 is 27.6 Å². The van der Waals surface area contributed by atoms with Crippen LogP contribution >= 0.6 is 15.9 Å². The lowest BCUT2D eigenvalue weighted by Crippen LogP contribution is -2.31. The molecule has 2 atom stereocenters. The molecule has 0 saturated carbocycles. The Hall–Kier alpha value is -1.74. The van der Waals surface area contributed by atoms with Crippen LogP contribution in [0.1, 0.15) is 18.5 Å². The number of alkyl halides is 1. The van der Waals surface area contributed by atoms with Crippen LogP contribution in [-0.4, -0.2) is 28.8 Å². The predicted molar refractivity (Wildman–Crippen MR) is 70.9 cm³/mol. The van der Waals surface area contributed by atoms with E-state index in [1.807, 2.05) is 0 Å². The predicted octanol–water partition coefficient (Wildman–Crippen LogP) is 1.96. The van der Waals surface area contributed by atoms with Gasteiger partial charge in [-0.15, -0.1) is 0 Å². The Kier molecular flexibility index (Phi) is 5.40. The van der Waals surface area contributed by atoms with Crippen LogP contribution in [0.3, 0.4) is 0 Å². The number of rotatable bonds is 5. The van der Waals surface area contributed by atoms with Gasteiger partial charge in [0.15, 0.2) is 0 Å². The summed E-state index contributed by atoms with van der Waals surface area (Å²) >= 11 is 2.90. The van der Waals surface area contributed by atoms with E-state index >= 15 is 0 Å². The highest BCUT2D eigenvalue weighted by Crippen LogP contribution is 2.36. The van der Waals surface area contributed by atoms with E-state index < -0.39 is 34.5 Å². The minimum absolute atomic E-state index is 0.0202. The largest absolute Gasteiger partial charge is 0.506 e. The number of carbonyl (C=O) groups excluding carboxylic acids is 1. The second kappa shape index (κ2) is 6.62. The topological polar surface area (TPSA) is 116 Å². The highest BCUT2D eigenvalue weighted by atomic mass is 79.9. The lowest BCUT2D eigenvalue weighted by atomic mass is 10.0. The number of aromatic hydroxyl groups is 1. The van der Waals surface area contributed by atoms with Crippen molar-refractivity contribution in [2.45, 2.75) is 19.1 Å². The first-order valence-electron chi connectivity index (χ1n) is 5.52. The number of non-ortho nitro benzene ring substituents is 1. The highest BCUT2D eigenvalue weighted by Gasteiger charge is 2.31. The molecule has 0 aromatic heterocycles. The summed E-state index contributed by atoms with van der Waals surface area (Å²) < 4.78 is 18.3. The summed E-state index contributed by atoms with van der Waals surface area (Å²) in [5.41, 5.74) is 4.88. The first-order valence-corrected chi connectivity index (χ1v) is 6.32. The van der Waals surface area contributed by atoms with E-state index in [1.165, 1.54) is 6.92 Å². The summed E-state index contributed by atoms with van der Waals surface area (Å²) in [7, 11) is 0. The Bertz CT molecular complexity index is 540. The zero-order valence-corrected chi connectivity index (χ0v) is 12.0. The molecule has 0 saturated heterocycles. The number of benzene rings is 1. The molecule has 0 aliphatic heterocycles. The number of carbonyl (C=O) groups is 1. The summed E-state index contributed by atoms with van der Waals surface area (Å²) in [6, 6.07) is 0.380. The zero-order chi connectivity index (χ0) is 15.4. The van der Waals surface area contributed by atoms with Crippen molar-refractivity contribution < 1.29 is 24.0 Å². The van der Waals surface area contributed by atoms with E-state index in [0.29, 0.717) is 0 Å². The minimum Gasteiger partial charge on any atom is -0.506 e. The molecule has 1 aromatic carbocycles. The van der Waals surface area contributed by atoms with Crippen LogP contribution in [-0.2, 0) is 9.53 Å². The molecule has 0 bridgehead atoms. The Morgan fingerprint density at radius 1 is 1.65 bits per heavy atom. The third-order valence-electron chi connectivity index (χ3n) is 2.47. The second-order valence-electron chi connectivity index (χ2n) is 3.80. The average molecular weight is 351 g/mol. The van der Waals surface area contributed by atoms with Gasteiger partial charge in [-0.25, -0.2) is 9.18 Å². The summed E-state index contributed by atoms with van der Waals surface area (Å²) in [6.07, 6.45) is -2.24. The SMILES string of the molecule is CCOC(=O)C(F)[C@H](N)c1cc([N+](=O)[O-])cc(Br)c1O. The zero-order valence-electron chi connectivity index (χ0n) is 10.4. The fourth-order valence-electron chi connectivity index (χ4n) is 1.49. The fraction of sp³-hybridized carbons (Fsp3) is 0.364. The monoisotopic (exact) mass is 350 g/mol. The van der Waals surface area contributed by atoms with E-state index in [4.69, 9.17) is 5.73 Å². The molecule has 3 N–H and O–H groups in total. The molecule has 7 nitrogen and oxygen atoms in total. The Morgan fingerprint density at radius 3 is 2.75 bits per heavy atom. The number of phenols is 1. The van der Waals surface area contributed by atoms with Gasteiger partial charge in [0.05, 0.1) is 22.0 Å². The van der Waals surface area contributed by atoms with Crippen LogP contribution in [0.4, 0.5) is 10.1 Å². The number of hydrogen-bond acceptors (Lipinski definition) is 6. The third kappa shape index (κ3) is 3.42. The van der Waals surface area contributed by atoms with Crippen molar-refractivity contribution in [1.29, 1.82) is 0 Å². The number of nitro benzene ring substituents is 1. The van der Waals surface area contributed by atoms with Crippen LogP contribution < -0.4 is 5.73 Å². The number of nitro groups is 1. The Morgan fingerprint density at radius 2 is 2.25 bits per heavy atom. The average Bonchev–Trinajstić information content (AvgIpc) is 2.40. The normalized spacial score (nSPS) is 13.6. The van der Waals surface area contributed by atoms with E-state index in [2.05, 4.69) is 20.7 Å². The molecule has 0 spiro atoms. The Labute approximate surface area is 121 Å². The lowest BCUT2D eigenvalue weighted by Gasteiger charge is -2.17. The van der Waals surface area contributed by atoms with Crippen LogP contribution in [0, 0.1) is 10.1 Å². The van der Waals surface area contributed by atoms with Gasteiger partial charge in [-0.2, -0.15) is 0 Å². The van der Waals surface area contributed by atoms with Gasteiger partial charge in [0, 0.05) is 17.7 Å². The van der Waals surface area contributed by atoms with Gasteiger partial charge in [0.1, 0.15) is 5.75 Å². The van der Waals surface area contributed by atoms with Gasteiger partial charge >= 0.3 is 5.97 Å².